The van der Waals surface area contributed by atoms with Crippen molar-refractivity contribution in [2.45, 2.75) is 6.92 Å². The number of nitrogens with two attached hydrogens (primary N) is 1. The molecule has 2 aromatic carbocycles. The fourth-order valence-corrected chi connectivity index (χ4v) is 2.23. The molecule has 5 heteroatoms. The summed E-state index contributed by atoms with van der Waals surface area (Å²) in [5.41, 5.74) is 8.50. The molecule has 0 saturated carbocycles. The highest BCUT2D eigenvalue weighted by molar-refractivity contribution is 6.06. The number of rotatable bonds is 2. The van der Waals surface area contributed by atoms with Gasteiger partial charge in [-0.05, 0) is 36.8 Å². The van der Waals surface area contributed by atoms with E-state index in [1.807, 2.05) is 19.1 Å². The zero-order valence-corrected chi connectivity index (χ0v) is 11.7. The van der Waals surface area contributed by atoms with Crippen LogP contribution in [0.2, 0.25) is 0 Å². The van der Waals surface area contributed by atoms with E-state index in [2.05, 4.69) is 5.32 Å². The average Bonchev–Trinajstić information content (AvgIpc) is 2.50. The number of anilines is 2. The van der Waals surface area contributed by atoms with Crippen LogP contribution < -0.4 is 20.5 Å². The minimum atomic E-state index is -0.229. The minimum Gasteiger partial charge on any atom is -0.486 e. The normalized spacial score (nSPS) is 12.8. The second-order valence-electron chi connectivity index (χ2n) is 4.85. The smallest absolute Gasteiger partial charge is 0.255 e. The maximum atomic E-state index is 12.3. The van der Waals surface area contributed by atoms with Crippen molar-refractivity contribution in [1.82, 2.24) is 0 Å². The van der Waals surface area contributed by atoms with Crippen molar-refractivity contribution in [3.05, 3.63) is 47.5 Å². The molecule has 0 bridgehead atoms. The molecule has 1 amide bonds. The van der Waals surface area contributed by atoms with Crippen LogP contribution >= 0.6 is 0 Å². The number of nitrogen functional groups attached to an aromatic ring is 1. The summed E-state index contributed by atoms with van der Waals surface area (Å²) < 4.78 is 10.9. The molecule has 3 N–H and O–H groups in total. The Kier molecular flexibility index (Phi) is 3.39. The van der Waals surface area contributed by atoms with Gasteiger partial charge in [-0.2, -0.15) is 0 Å². The number of amides is 1. The zero-order valence-electron chi connectivity index (χ0n) is 11.7. The Morgan fingerprint density at radius 1 is 1.14 bits per heavy atom. The third-order valence-corrected chi connectivity index (χ3v) is 3.35. The van der Waals surface area contributed by atoms with Gasteiger partial charge in [-0.25, -0.2) is 0 Å². The van der Waals surface area contributed by atoms with E-state index in [4.69, 9.17) is 15.2 Å². The van der Waals surface area contributed by atoms with E-state index in [0.29, 0.717) is 41.7 Å². The van der Waals surface area contributed by atoms with Crippen molar-refractivity contribution in [1.29, 1.82) is 0 Å². The largest absolute Gasteiger partial charge is 0.486 e. The Hall–Kier alpha value is -2.69. The fourth-order valence-electron chi connectivity index (χ4n) is 2.23. The highest BCUT2D eigenvalue weighted by Gasteiger charge is 2.16. The highest BCUT2D eigenvalue weighted by Crippen LogP contribution is 2.31. The van der Waals surface area contributed by atoms with Gasteiger partial charge in [0.15, 0.2) is 11.5 Å². The van der Waals surface area contributed by atoms with Gasteiger partial charge >= 0.3 is 0 Å². The lowest BCUT2D eigenvalue weighted by atomic mass is 10.1. The van der Waals surface area contributed by atoms with Gasteiger partial charge in [-0.15, -0.1) is 0 Å². The van der Waals surface area contributed by atoms with E-state index in [1.54, 1.807) is 24.3 Å². The van der Waals surface area contributed by atoms with Gasteiger partial charge in [0.1, 0.15) is 13.2 Å². The molecule has 21 heavy (non-hydrogen) atoms. The molecule has 0 unspecified atom stereocenters. The molecule has 0 spiro atoms. The Balaban J connectivity index is 1.86. The number of benzene rings is 2. The van der Waals surface area contributed by atoms with Crippen molar-refractivity contribution in [3.63, 3.8) is 0 Å². The summed E-state index contributed by atoms with van der Waals surface area (Å²) in [7, 11) is 0. The molecular formula is C16H16N2O3. The molecule has 5 nitrogen and oxygen atoms in total. The summed E-state index contributed by atoms with van der Waals surface area (Å²) in [6.45, 7) is 2.91. The first-order valence-corrected chi connectivity index (χ1v) is 6.71. The fraction of sp³-hybridized carbons (Fsp3) is 0.188. The van der Waals surface area contributed by atoms with Gasteiger partial charge in [0.25, 0.3) is 5.91 Å². The van der Waals surface area contributed by atoms with Crippen molar-refractivity contribution in [2.75, 3.05) is 24.3 Å². The molecule has 0 saturated heterocycles. The van der Waals surface area contributed by atoms with Crippen molar-refractivity contribution >= 4 is 17.3 Å². The molecule has 1 aliphatic rings. The lowest BCUT2D eigenvalue weighted by Crippen LogP contribution is -2.17. The van der Waals surface area contributed by atoms with E-state index in [0.717, 1.165) is 5.56 Å². The van der Waals surface area contributed by atoms with Crippen LogP contribution in [0.4, 0.5) is 11.4 Å². The van der Waals surface area contributed by atoms with Crippen LogP contribution in [0.15, 0.2) is 36.4 Å². The monoisotopic (exact) mass is 284 g/mol. The number of fused-ring (bicyclic) bond motifs is 1. The third kappa shape index (κ3) is 2.63. The van der Waals surface area contributed by atoms with E-state index < -0.39 is 0 Å². The zero-order chi connectivity index (χ0) is 14.8. The molecule has 2 aromatic rings. The minimum absolute atomic E-state index is 0.229. The summed E-state index contributed by atoms with van der Waals surface area (Å²) in [4.78, 5) is 12.3. The topological polar surface area (TPSA) is 73.6 Å². The maximum absolute atomic E-state index is 12.3. The second kappa shape index (κ2) is 5.36. The predicted molar refractivity (Wildman–Crippen MR) is 81.0 cm³/mol. The number of para-hydroxylation sites is 1. The highest BCUT2D eigenvalue weighted by atomic mass is 16.6. The average molecular weight is 284 g/mol. The van der Waals surface area contributed by atoms with E-state index in [-0.39, 0.29) is 5.91 Å². The van der Waals surface area contributed by atoms with Gasteiger partial charge in [0, 0.05) is 5.56 Å². The van der Waals surface area contributed by atoms with Crippen molar-refractivity contribution in [3.8, 4) is 11.5 Å². The Bertz CT molecular complexity index is 678. The van der Waals surface area contributed by atoms with Crippen LogP contribution in [0.25, 0.3) is 0 Å². The number of ether oxygens (including phenoxy) is 2. The second-order valence-corrected chi connectivity index (χ2v) is 4.85. The number of carbonyl (C=O) groups excluding carboxylic acids is 1. The van der Waals surface area contributed by atoms with Gasteiger partial charge in [-0.1, -0.05) is 12.1 Å². The SMILES string of the molecule is Cc1cccc(N)c1NC(=O)c1ccc2c(c1)OCCO2. The van der Waals surface area contributed by atoms with Crippen LogP contribution in [-0.2, 0) is 0 Å². The molecule has 1 aliphatic heterocycles. The molecule has 0 atom stereocenters. The molecule has 1 heterocycles. The lowest BCUT2D eigenvalue weighted by molar-refractivity contribution is 0.102. The van der Waals surface area contributed by atoms with E-state index in [1.165, 1.54) is 0 Å². The van der Waals surface area contributed by atoms with E-state index >= 15 is 0 Å². The molecule has 0 aliphatic carbocycles. The van der Waals surface area contributed by atoms with Crippen molar-refractivity contribution in [2.24, 2.45) is 0 Å². The van der Waals surface area contributed by atoms with Gasteiger partial charge in [-0.3, -0.25) is 4.79 Å². The van der Waals surface area contributed by atoms with Gasteiger partial charge in [0.2, 0.25) is 0 Å². The Morgan fingerprint density at radius 3 is 2.67 bits per heavy atom. The quantitative estimate of drug-likeness (QED) is 0.831. The molecule has 0 radical (unpaired) electrons. The molecular weight excluding hydrogens is 268 g/mol. The first-order valence-electron chi connectivity index (χ1n) is 6.71. The summed E-state index contributed by atoms with van der Waals surface area (Å²) in [6.07, 6.45) is 0. The Morgan fingerprint density at radius 2 is 1.90 bits per heavy atom. The number of hydrogen-bond acceptors (Lipinski definition) is 4. The van der Waals surface area contributed by atoms with Crippen LogP contribution in [0.5, 0.6) is 11.5 Å². The number of hydrogen-bond donors (Lipinski definition) is 2. The molecule has 3 rings (SSSR count). The lowest BCUT2D eigenvalue weighted by Gasteiger charge is -2.19. The summed E-state index contributed by atoms with van der Waals surface area (Å²) in [6, 6.07) is 10.6. The number of carbonyl (C=O) groups is 1. The Labute approximate surface area is 122 Å². The first kappa shape index (κ1) is 13.3. The van der Waals surface area contributed by atoms with Crippen LogP contribution in [-0.4, -0.2) is 19.1 Å². The van der Waals surface area contributed by atoms with Crippen LogP contribution in [0.3, 0.4) is 0 Å². The van der Waals surface area contributed by atoms with Gasteiger partial charge < -0.3 is 20.5 Å². The predicted octanol–water partition coefficient (Wildman–Crippen LogP) is 2.60. The summed E-state index contributed by atoms with van der Waals surface area (Å²) in [5, 5.41) is 2.84. The number of nitrogens with one attached hydrogen (secondary N) is 1. The van der Waals surface area contributed by atoms with E-state index in [9.17, 15) is 4.79 Å². The van der Waals surface area contributed by atoms with Crippen LogP contribution in [0.1, 0.15) is 15.9 Å². The maximum Gasteiger partial charge on any atom is 0.255 e. The third-order valence-electron chi connectivity index (χ3n) is 3.35. The standard InChI is InChI=1S/C16H16N2O3/c1-10-3-2-4-12(17)15(10)18-16(19)11-5-6-13-14(9-11)21-8-7-20-13/h2-6,9H,7-8,17H2,1H3,(H,18,19). The van der Waals surface area contributed by atoms with Crippen LogP contribution in [0, 0.1) is 6.92 Å². The molecule has 108 valence electrons. The van der Waals surface area contributed by atoms with Gasteiger partial charge in [0.05, 0.1) is 11.4 Å². The summed E-state index contributed by atoms with van der Waals surface area (Å²) >= 11 is 0. The molecule has 0 fully saturated rings. The number of aryl methyl sites for hydroxylation is 1. The first-order chi connectivity index (χ1) is 10.1. The summed E-state index contributed by atoms with van der Waals surface area (Å²) in [5.74, 6) is 1.02. The molecule has 0 aromatic heterocycles. The van der Waals surface area contributed by atoms with Crippen molar-refractivity contribution < 1.29 is 14.3 Å².